The van der Waals surface area contributed by atoms with Crippen LogP contribution in [0.15, 0.2) is 203 Å². The fourth-order valence-electron chi connectivity index (χ4n) is 9.56. The van der Waals surface area contributed by atoms with Crippen LogP contribution in [0.25, 0.3) is 122 Å². The lowest BCUT2D eigenvalue weighted by Gasteiger charge is -2.15. The maximum absolute atomic E-state index is 6.95. The van der Waals surface area contributed by atoms with Gasteiger partial charge in [0, 0.05) is 55.2 Å². The Morgan fingerprint density at radius 2 is 1.11 bits per heavy atom. The van der Waals surface area contributed by atoms with Gasteiger partial charge >= 0.3 is 0 Å². The molecule has 0 aliphatic heterocycles. The number of nitrogens with zero attached hydrogens (tertiary/aromatic N) is 4. The number of para-hydroxylation sites is 3. The minimum Gasteiger partial charge on any atom is -0.456 e. The maximum Gasteiger partial charge on any atom is 0.167 e. The molecule has 6 nitrogen and oxygen atoms in total. The molecule has 0 radical (unpaired) electrons. The van der Waals surface area contributed by atoms with Gasteiger partial charge in [0.05, 0.1) is 16.6 Å². The molecule has 0 saturated heterocycles. The molecule has 0 amide bonds. The number of hydrogen-bond acceptors (Lipinski definition) is 5. The Bertz CT molecular complexity index is 3850. The summed E-state index contributed by atoms with van der Waals surface area (Å²) in [4.78, 5) is 15.3. The van der Waals surface area contributed by atoms with Crippen molar-refractivity contribution in [3.05, 3.63) is 200 Å². The van der Waals surface area contributed by atoms with Crippen LogP contribution in [0.2, 0.25) is 0 Å². The molecule has 1 aliphatic rings. The first kappa shape index (κ1) is 35.4. The molecular weight excluding hydrogens is 773 g/mol. The number of benzene rings is 8. The standard InChI is InChI=1S/C57H36N4O2/c1-4-15-35(16-5-1)39-31-47(36-17-6-2-7-18-36)53-45-22-10-12-25-48(45)61(49(53)32-39)40-28-30-43-44-23-14-24-46(54(44)63-52(43)34-40)57-59-55(37-19-8-3-9-20-37)58-56(60-57)38-27-29-42-41-21-11-13-26-50(41)62-51(42)33-38/h1-4,6-15,17-34H,5,16H2. The lowest BCUT2D eigenvalue weighted by Crippen LogP contribution is -2.00. The monoisotopic (exact) mass is 808 g/mol. The average molecular weight is 809 g/mol. The molecule has 0 unspecified atom stereocenters. The van der Waals surface area contributed by atoms with Gasteiger partial charge in [0.15, 0.2) is 17.5 Å². The molecule has 6 heteroatoms. The molecule has 63 heavy (non-hydrogen) atoms. The summed E-state index contributed by atoms with van der Waals surface area (Å²) in [6.07, 6.45) is 8.75. The highest BCUT2D eigenvalue weighted by atomic mass is 16.3. The Labute approximate surface area is 361 Å². The van der Waals surface area contributed by atoms with Crippen molar-refractivity contribution >= 4 is 71.3 Å². The van der Waals surface area contributed by atoms with Crippen molar-refractivity contribution in [1.29, 1.82) is 0 Å². The first-order chi connectivity index (χ1) is 31.2. The van der Waals surface area contributed by atoms with E-state index >= 15 is 0 Å². The van der Waals surface area contributed by atoms with E-state index in [1.165, 1.54) is 33.0 Å². The molecule has 0 saturated carbocycles. The van der Waals surface area contributed by atoms with Gasteiger partial charge in [0.25, 0.3) is 0 Å². The summed E-state index contributed by atoms with van der Waals surface area (Å²) in [6, 6.07) is 61.4. The lowest BCUT2D eigenvalue weighted by atomic mass is 9.91. The number of rotatable bonds is 6. The molecule has 13 rings (SSSR count). The fourth-order valence-corrected chi connectivity index (χ4v) is 9.56. The number of aromatic nitrogens is 4. The van der Waals surface area contributed by atoms with Gasteiger partial charge < -0.3 is 13.4 Å². The molecule has 4 heterocycles. The summed E-state index contributed by atoms with van der Waals surface area (Å²) in [6.45, 7) is 0. The highest BCUT2D eigenvalue weighted by Gasteiger charge is 2.22. The summed E-state index contributed by atoms with van der Waals surface area (Å²) >= 11 is 0. The van der Waals surface area contributed by atoms with Gasteiger partial charge in [-0.05, 0) is 89.7 Å². The van der Waals surface area contributed by atoms with Crippen molar-refractivity contribution in [2.45, 2.75) is 12.8 Å². The number of allylic oxidation sites excluding steroid dienone is 4. The molecule has 296 valence electrons. The van der Waals surface area contributed by atoms with E-state index in [9.17, 15) is 0 Å². The first-order valence-electron chi connectivity index (χ1n) is 21.4. The van der Waals surface area contributed by atoms with E-state index in [1.54, 1.807) is 0 Å². The van der Waals surface area contributed by atoms with Crippen molar-refractivity contribution in [2.75, 3.05) is 0 Å². The quantitative estimate of drug-likeness (QED) is 0.167. The summed E-state index contributed by atoms with van der Waals surface area (Å²) in [5.74, 6) is 1.66. The van der Waals surface area contributed by atoms with Gasteiger partial charge in [-0.1, -0.05) is 133 Å². The van der Waals surface area contributed by atoms with E-state index in [4.69, 9.17) is 23.8 Å². The molecular formula is C57H36N4O2. The minimum atomic E-state index is 0.531. The van der Waals surface area contributed by atoms with Crippen LogP contribution in [-0.2, 0) is 0 Å². The zero-order valence-electron chi connectivity index (χ0n) is 34.0. The summed E-state index contributed by atoms with van der Waals surface area (Å²) in [7, 11) is 0. The van der Waals surface area contributed by atoms with Gasteiger partial charge in [0.2, 0.25) is 0 Å². The maximum atomic E-state index is 6.95. The fraction of sp³-hybridized carbons (Fsp3) is 0.0351. The second-order valence-corrected chi connectivity index (χ2v) is 16.2. The molecule has 1 aliphatic carbocycles. The van der Waals surface area contributed by atoms with Crippen molar-refractivity contribution in [2.24, 2.45) is 0 Å². The molecule has 0 atom stereocenters. The second kappa shape index (κ2) is 14.1. The largest absolute Gasteiger partial charge is 0.456 e. The van der Waals surface area contributed by atoms with E-state index in [0.717, 1.165) is 90.1 Å². The Kier molecular flexibility index (Phi) is 7.93. The molecule has 0 spiro atoms. The van der Waals surface area contributed by atoms with Crippen molar-refractivity contribution in [1.82, 2.24) is 19.5 Å². The van der Waals surface area contributed by atoms with Crippen LogP contribution in [0.3, 0.4) is 0 Å². The first-order valence-corrected chi connectivity index (χ1v) is 21.4. The summed E-state index contributed by atoms with van der Waals surface area (Å²) in [5.41, 5.74) is 14.0. The van der Waals surface area contributed by atoms with Crippen molar-refractivity contribution in [3.63, 3.8) is 0 Å². The minimum absolute atomic E-state index is 0.531. The van der Waals surface area contributed by atoms with Crippen LogP contribution in [0, 0.1) is 0 Å². The predicted molar refractivity (Wildman–Crippen MR) is 257 cm³/mol. The Hall–Kier alpha value is -8.35. The van der Waals surface area contributed by atoms with Crippen molar-refractivity contribution < 1.29 is 8.83 Å². The normalized spacial score (nSPS) is 13.0. The van der Waals surface area contributed by atoms with E-state index in [1.807, 2.05) is 60.7 Å². The highest BCUT2D eigenvalue weighted by molar-refractivity contribution is 6.17. The second-order valence-electron chi connectivity index (χ2n) is 16.2. The van der Waals surface area contributed by atoms with Gasteiger partial charge in [-0.2, -0.15) is 0 Å². The van der Waals surface area contributed by atoms with E-state index < -0.39 is 0 Å². The predicted octanol–water partition coefficient (Wildman–Crippen LogP) is 15.2. The zero-order valence-corrected chi connectivity index (χ0v) is 34.0. The number of fused-ring (bicyclic) bond motifs is 9. The van der Waals surface area contributed by atoms with Crippen LogP contribution in [0.5, 0.6) is 0 Å². The third kappa shape index (κ3) is 5.76. The van der Waals surface area contributed by atoms with Gasteiger partial charge in [-0.15, -0.1) is 0 Å². The summed E-state index contributed by atoms with van der Waals surface area (Å²) < 4.78 is 15.6. The lowest BCUT2D eigenvalue weighted by molar-refractivity contribution is 0.668. The number of furan rings is 2. The smallest absolute Gasteiger partial charge is 0.167 e. The molecule has 8 aromatic carbocycles. The Morgan fingerprint density at radius 1 is 0.429 bits per heavy atom. The summed E-state index contributed by atoms with van der Waals surface area (Å²) in [5, 5.41) is 6.59. The van der Waals surface area contributed by atoms with Crippen LogP contribution in [0.1, 0.15) is 18.4 Å². The molecule has 0 bridgehead atoms. The zero-order chi connectivity index (χ0) is 41.4. The SMILES string of the molecule is C1=CCCC(c2cc(-c3ccccc3)c3c4ccccc4n(-c4ccc5c(c4)oc4c(-c6nc(-c7ccccc7)nc(-c7ccc8c(c7)oc7ccccc78)n6)cccc45)c3c2)=C1. The van der Waals surface area contributed by atoms with E-state index in [0.29, 0.717) is 17.5 Å². The third-order valence-corrected chi connectivity index (χ3v) is 12.5. The topological polar surface area (TPSA) is 69.9 Å². The third-order valence-electron chi connectivity index (χ3n) is 12.5. The Morgan fingerprint density at radius 3 is 1.95 bits per heavy atom. The van der Waals surface area contributed by atoms with Crippen LogP contribution < -0.4 is 0 Å². The van der Waals surface area contributed by atoms with Crippen LogP contribution >= 0.6 is 0 Å². The average Bonchev–Trinajstić information content (AvgIpc) is 4.03. The molecule has 12 aromatic rings. The molecule has 0 fully saturated rings. The Balaban J connectivity index is 0.999. The molecule has 4 aromatic heterocycles. The van der Waals surface area contributed by atoms with E-state index in [-0.39, 0.29) is 0 Å². The highest BCUT2D eigenvalue weighted by Crippen LogP contribution is 2.43. The van der Waals surface area contributed by atoms with E-state index in [2.05, 4.69) is 138 Å². The molecule has 0 N–H and O–H groups in total. The number of hydrogen-bond donors (Lipinski definition) is 0. The van der Waals surface area contributed by atoms with Gasteiger partial charge in [-0.25, -0.2) is 15.0 Å². The van der Waals surface area contributed by atoms with Crippen molar-refractivity contribution in [3.8, 4) is 51.0 Å². The van der Waals surface area contributed by atoms with Gasteiger partial charge in [0.1, 0.15) is 22.3 Å². The van der Waals surface area contributed by atoms with Gasteiger partial charge in [-0.3, -0.25) is 0 Å². The van der Waals surface area contributed by atoms with Crippen LogP contribution in [0.4, 0.5) is 0 Å². The van der Waals surface area contributed by atoms with Crippen LogP contribution in [-0.4, -0.2) is 19.5 Å².